The summed E-state index contributed by atoms with van der Waals surface area (Å²) in [5.41, 5.74) is 2.08. The molecule has 1 fully saturated rings. The fourth-order valence-corrected chi connectivity index (χ4v) is 5.51. The number of methoxy groups -OCH3 is 1. The van der Waals surface area contributed by atoms with Crippen LogP contribution in [0.4, 0.5) is 0 Å². The highest BCUT2D eigenvalue weighted by atomic mass is 35.5. The first kappa shape index (κ1) is 25.2. The van der Waals surface area contributed by atoms with E-state index in [0.29, 0.717) is 12.3 Å². The molecule has 2 unspecified atom stereocenters. The van der Waals surface area contributed by atoms with Gasteiger partial charge in [0.25, 0.3) is 0 Å². The van der Waals surface area contributed by atoms with Crippen molar-refractivity contribution in [2.75, 3.05) is 20.2 Å². The number of likely N-dealkylation sites (tertiary alicyclic amines) is 1. The van der Waals surface area contributed by atoms with Gasteiger partial charge in [-0.15, -0.1) is 0 Å². The Hall–Kier alpha value is -2.38. The molecule has 1 heterocycles. The number of aryl methyl sites for hydroxylation is 1. The topological polar surface area (TPSA) is 75.7 Å². The van der Waals surface area contributed by atoms with E-state index in [2.05, 4.69) is 11.4 Å². The van der Waals surface area contributed by atoms with Crippen molar-refractivity contribution in [3.05, 3.63) is 64.7 Å². The summed E-state index contributed by atoms with van der Waals surface area (Å²) in [6.45, 7) is 0.539. The number of benzene rings is 2. The Morgan fingerprint density at radius 1 is 1.12 bits per heavy atom. The van der Waals surface area contributed by atoms with Gasteiger partial charge in [0, 0.05) is 22.4 Å². The first-order valence-electron chi connectivity index (χ1n) is 11.3. The van der Waals surface area contributed by atoms with Gasteiger partial charge in [-0.3, -0.25) is 13.8 Å². The Kier molecular flexibility index (Phi) is 9.76. The van der Waals surface area contributed by atoms with Gasteiger partial charge in [-0.25, -0.2) is 0 Å². The Morgan fingerprint density at radius 2 is 1.85 bits per heavy atom. The monoisotopic (exact) mass is 490 g/mol. The van der Waals surface area contributed by atoms with Gasteiger partial charge < -0.3 is 15.0 Å². The highest BCUT2D eigenvalue weighted by Gasteiger charge is 2.41. The quantitative estimate of drug-likeness (QED) is 0.339. The number of hydrogen-bond acceptors (Lipinski definition) is 4. The molecule has 0 aromatic heterocycles. The maximum atomic E-state index is 12.7. The van der Waals surface area contributed by atoms with E-state index in [4.69, 9.17) is 16.3 Å². The van der Waals surface area contributed by atoms with E-state index in [1.54, 1.807) is 7.11 Å². The summed E-state index contributed by atoms with van der Waals surface area (Å²) < 4.78 is 17.8. The summed E-state index contributed by atoms with van der Waals surface area (Å²) >= 11 is 6.17. The van der Waals surface area contributed by atoms with Gasteiger partial charge >= 0.3 is 0 Å². The largest absolute Gasteiger partial charge is 0.497 e. The Morgan fingerprint density at radius 3 is 2.55 bits per heavy atom. The molecule has 0 bridgehead atoms. The molecule has 2 amide bonds. The molecule has 6 nitrogen and oxygen atoms in total. The van der Waals surface area contributed by atoms with Crippen molar-refractivity contribution >= 4 is 34.2 Å². The highest BCUT2D eigenvalue weighted by molar-refractivity contribution is 7.85. The van der Waals surface area contributed by atoms with E-state index in [9.17, 15) is 13.8 Å². The second-order valence-electron chi connectivity index (χ2n) is 8.16. The molecule has 2 aromatic carbocycles. The van der Waals surface area contributed by atoms with Gasteiger partial charge in [0.1, 0.15) is 17.7 Å². The van der Waals surface area contributed by atoms with Crippen molar-refractivity contribution in [3.63, 3.8) is 0 Å². The molecule has 2 atom stereocenters. The number of nitrogens with zero attached hydrogens (tertiary/aromatic N) is 1. The minimum atomic E-state index is -1.26. The molecule has 1 saturated heterocycles. The maximum absolute atomic E-state index is 12.7. The van der Waals surface area contributed by atoms with Crippen LogP contribution in [0.25, 0.3) is 0 Å². The number of halogens is 1. The van der Waals surface area contributed by atoms with Crippen LogP contribution in [0, 0.1) is 0 Å². The molecule has 3 rings (SSSR count). The van der Waals surface area contributed by atoms with Crippen molar-refractivity contribution in [1.82, 2.24) is 10.2 Å². The molecular formula is C25H31ClN2O4S. The van der Waals surface area contributed by atoms with Gasteiger partial charge in [-0.05, 0) is 48.6 Å². The number of amides is 2. The predicted molar refractivity (Wildman–Crippen MR) is 132 cm³/mol. The minimum Gasteiger partial charge on any atom is -0.497 e. The van der Waals surface area contributed by atoms with Crippen LogP contribution in [-0.4, -0.2) is 46.5 Å². The van der Waals surface area contributed by atoms with E-state index < -0.39 is 16.2 Å². The highest BCUT2D eigenvalue weighted by Crippen LogP contribution is 2.24. The summed E-state index contributed by atoms with van der Waals surface area (Å²) in [7, 11) is 0.337. The number of rotatable bonds is 13. The molecule has 1 N–H and O–H groups in total. The fourth-order valence-electron chi connectivity index (χ4n) is 3.77. The van der Waals surface area contributed by atoms with Crippen LogP contribution < -0.4 is 10.1 Å². The van der Waals surface area contributed by atoms with Crippen LogP contribution >= 0.6 is 11.6 Å². The van der Waals surface area contributed by atoms with Crippen LogP contribution in [0.15, 0.2) is 48.5 Å². The maximum Gasteiger partial charge on any atom is 0.239 e. The molecule has 0 saturated carbocycles. The average Bonchev–Trinajstić information content (AvgIpc) is 2.81. The molecule has 8 heteroatoms. The van der Waals surface area contributed by atoms with Crippen LogP contribution in [0.3, 0.4) is 0 Å². The number of carbonyl (C=O) groups excluding carboxylic acids is 2. The predicted octanol–water partition coefficient (Wildman–Crippen LogP) is 4.08. The number of hydrogen-bond donors (Lipinski definition) is 1. The molecular weight excluding hydrogens is 460 g/mol. The molecule has 0 spiro atoms. The van der Waals surface area contributed by atoms with Crippen LogP contribution in [-0.2, 0) is 32.6 Å². The van der Waals surface area contributed by atoms with Crippen molar-refractivity contribution in [2.45, 2.75) is 49.7 Å². The first-order valence-corrected chi connectivity index (χ1v) is 13.0. The van der Waals surface area contributed by atoms with Gasteiger partial charge in [-0.1, -0.05) is 54.8 Å². The molecule has 33 heavy (non-hydrogen) atoms. The normalized spacial score (nSPS) is 16.2. The SMILES string of the molecule is COc1ccc(CS(=O)C2CC(=O)N2CC(=O)NCCCCCCc2ccccc2Cl)cc1. The second kappa shape index (κ2) is 12.8. The third-order valence-electron chi connectivity index (χ3n) is 5.76. The third kappa shape index (κ3) is 7.57. The Balaban J connectivity index is 1.31. The van der Waals surface area contributed by atoms with E-state index in [-0.39, 0.29) is 24.8 Å². The van der Waals surface area contributed by atoms with Gasteiger partial charge in [0.05, 0.1) is 19.3 Å². The van der Waals surface area contributed by atoms with E-state index >= 15 is 0 Å². The molecule has 0 aliphatic carbocycles. The van der Waals surface area contributed by atoms with E-state index in [0.717, 1.165) is 48.4 Å². The zero-order valence-corrected chi connectivity index (χ0v) is 20.5. The molecule has 178 valence electrons. The van der Waals surface area contributed by atoms with Gasteiger partial charge in [-0.2, -0.15) is 0 Å². The molecule has 1 aliphatic heterocycles. The summed E-state index contributed by atoms with van der Waals surface area (Å²) in [6, 6.07) is 15.3. The molecule has 0 radical (unpaired) electrons. The number of ether oxygens (including phenoxy) is 1. The minimum absolute atomic E-state index is 0.0373. The Labute approximate surface area is 203 Å². The third-order valence-corrected chi connectivity index (χ3v) is 7.77. The smallest absolute Gasteiger partial charge is 0.239 e. The number of unbranched alkanes of at least 4 members (excludes halogenated alkanes) is 3. The lowest BCUT2D eigenvalue weighted by Gasteiger charge is -2.39. The summed E-state index contributed by atoms with van der Waals surface area (Å²) in [6.07, 6.45) is 5.20. The summed E-state index contributed by atoms with van der Waals surface area (Å²) in [5, 5.41) is 3.28. The van der Waals surface area contributed by atoms with Gasteiger partial charge in [0.15, 0.2) is 0 Å². The fraction of sp³-hybridized carbons (Fsp3) is 0.440. The van der Waals surface area contributed by atoms with Crippen molar-refractivity contribution in [1.29, 1.82) is 0 Å². The summed E-state index contributed by atoms with van der Waals surface area (Å²) in [5.74, 6) is 0.749. The lowest BCUT2D eigenvalue weighted by Crippen LogP contribution is -2.57. The van der Waals surface area contributed by atoms with E-state index in [1.165, 1.54) is 10.5 Å². The zero-order chi connectivity index (χ0) is 23.6. The van der Waals surface area contributed by atoms with Crippen LogP contribution in [0.5, 0.6) is 5.75 Å². The van der Waals surface area contributed by atoms with Gasteiger partial charge in [0.2, 0.25) is 11.8 Å². The zero-order valence-electron chi connectivity index (χ0n) is 18.9. The number of nitrogens with one attached hydrogen (secondary N) is 1. The Bertz CT molecular complexity index is 967. The lowest BCUT2D eigenvalue weighted by atomic mass is 10.1. The van der Waals surface area contributed by atoms with Crippen LogP contribution in [0.1, 0.15) is 43.2 Å². The molecule has 1 aliphatic rings. The number of β-lactam (4-membered cyclic amide) rings is 1. The van der Waals surface area contributed by atoms with Crippen molar-refractivity contribution in [3.8, 4) is 5.75 Å². The lowest BCUT2D eigenvalue weighted by molar-refractivity contribution is -0.145. The average molecular weight is 491 g/mol. The number of carbonyl (C=O) groups is 2. The molecule has 2 aromatic rings. The summed E-state index contributed by atoms with van der Waals surface area (Å²) in [4.78, 5) is 25.7. The standard InChI is InChI=1S/C25H31ClN2O4S/c1-32-21-13-11-19(12-14-21)18-33(31)25-16-24(30)28(25)17-23(29)27-15-7-3-2-4-8-20-9-5-6-10-22(20)26/h5-6,9-14,25H,2-4,7-8,15-18H2,1H3,(H,27,29). The second-order valence-corrected chi connectivity index (χ2v) is 10.2. The van der Waals surface area contributed by atoms with E-state index in [1.807, 2.05) is 42.5 Å². The van der Waals surface area contributed by atoms with Crippen molar-refractivity contribution < 1.29 is 18.5 Å². The van der Waals surface area contributed by atoms with Crippen LogP contribution in [0.2, 0.25) is 5.02 Å². The van der Waals surface area contributed by atoms with Crippen molar-refractivity contribution in [2.24, 2.45) is 0 Å². The first-order chi connectivity index (χ1) is 16.0.